The van der Waals surface area contributed by atoms with E-state index >= 15 is 0 Å². The molecule has 0 bridgehead atoms. The number of rotatable bonds is 5. The second-order valence-electron chi connectivity index (χ2n) is 7.78. The molecule has 1 fully saturated rings. The lowest BCUT2D eigenvalue weighted by molar-refractivity contribution is -0.385. The third-order valence-electron chi connectivity index (χ3n) is 5.40. The van der Waals surface area contributed by atoms with Gasteiger partial charge in [0.15, 0.2) is 5.17 Å². The van der Waals surface area contributed by atoms with Gasteiger partial charge in [-0.15, -0.1) is 0 Å². The molecule has 1 aromatic heterocycles. The molecule has 0 aliphatic carbocycles. The molecule has 0 saturated carbocycles. The molecule has 0 radical (unpaired) electrons. The third kappa shape index (κ3) is 4.64. The summed E-state index contributed by atoms with van der Waals surface area (Å²) in [5.74, 6) is 1.04. The van der Waals surface area contributed by atoms with Crippen LogP contribution in [0.2, 0.25) is 0 Å². The Hall–Kier alpha value is -4.43. The minimum absolute atomic E-state index is 0.0555. The summed E-state index contributed by atoms with van der Waals surface area (Å²) in [6.45, 7) is 1.69. The number of amidine groups is 1. The van der Waals surface area contributed by atoms with Gasteiger partial charge in [0, 0.05) is 29.0 Å². The molecule has 5 rings (SSSR count). The number of nitro benzene ring substituents is 1. The number of anilines is 1. The SMILES string of the molecule is Cc1cc(-c2ccc(/C=C3\C(=O)SC(=Nc4ccccc4)N3c3ccccc3)o2)ccc1[N+](=O)[O-]. The van der Waals surface area contributed by atoms with E-state index in [1.807, 2.05) is 65.6 Å². The van der Waals surface area contributed by atoms with Crippen molar-refractivity contribution in [2.24, 2.45) is 4.99 Å². The van der Waals surface area contributed by atoms with Gasteiger partial charge in [0.2, 0.25) is 5.12 Å². The van der Waals surface area contributed by atoms with E-state index in [0.29, 0.717) is 27.9 Å². The van der Waals surface area contributed by atoms with Gasteiger partial charge in [-0.1, -0.05) is 36.4 Å². The Balaban J connectivity index is 1.53. The first-order valence-corrected chi connectivity index (χ1v) is 11.6. The molecule has 0 amide bonds. The summed E-state index contributed by atoms with van der Waals surface area (Å²) in [5, 5.41) is 11.5. The number of carbonyl (C=O) groups is 1. The van der Waals surface area contributed by atoms with Crippen molar-refractivity contribution in [3.8, 4) is 11.3 Å². The fraction of sp³-hybridized carbons (Fsp3) is 0.0370. The predicted octanol–water partition coefficient (Wildman–Crippen LogP) is 6.97. The first-order valence-electron chi connectivity index (χ1n) is 10.8. The second kappa shape index (κ2) is 9.44. The summed E-state index contributed by atoms with van der Waals surface area (Å²) >= 11 is 1.06. The average molecular weight is 482 g/mol. The molecular formula is C27H19N3O4S. The number of para-hydroxylation sites is 2. The molecule has 35 heavy (non-hydrogen) atoms. The highest BCUT2D eigenvalue weighted by Gasteiger charge is 2.34. The van der Waals surface area contributed by atoms with Gasteiger partial charge >= 0.3 is 0 Å². The zero-order chi connectivity index (χ0) is 24.4. The lowest BCUT2D eigenvalue weighted by Gasteiger charge is -2.18. The number of furan rings is 1. The average Bonchev–Trinajstić information content (AvgIpc) is 3.44. The summed E-state index contributed by atoms with van der Waals surface area (Å²) < 4.78 is 6.00. The van der Waals surface area contributed by atoms with Gasteiger partial charge in [0.25, 0.3) is 5.69 Å². The van der Waals surface area contributed by atoms with E-state index < -0.39 is 4.92 Å². The van der Waals surface area contributed by atoms with Crippen molar-refractivity contribution in [2.45, 2.75) is 6.92 Å². The Labute approximate surface area is 205 Å². The maximum Gasteiger partial charge on any atom is 0.272 e. The molecular weight excluding hydrogens is 462 g/mol. The highest BCUT2D eigenvalue weighted by molar-refractivity contribution is 8.27. The van der Waals surface area contributed by atoms with E-state index in [2.05, 4.69) is 0 Å². The van der Waals surface area contributed by atoms with Gasteiger partial charge in [-0.05, 0) is 67.2 Å². The second-order valence-corrected chi connectivity index (χ2v) is 8.72. The molecule has 3 aromatic carbocycles. The highest BCUT2D eigenvalue weighted by Crippen LogP contribution is 2.37. The molecule has 1 aliphatic heterocycles. The van der Waals surface area contributed by atoms with E-state index in [9.17, 15) is 14.9 Å². The minimum atomic E-state index is -0.410. The molecule has 1 aliphatic rings. The number of thioether (sulfide) groups is 1. The van der Waals surface area contributed by atoms with Crippen molar-refractivity contribution < 1.29 is 14.1 Å². The molecule has 172 valence electrons. The van der Waals surface area contributed by atoms with Gasteiger partial charge in [-0.2, -0.15) is 0 Å². The van der Waals surface area contributed by atoms with Crippen molar-refractivity contribution in [1.29, 1.82) is 0 Å². The molecule has 0 unspecified atom stereocenters. The molecule has 0 N–H and O–H groups in total. The Kier molecular flexibility index (Phi) is 6.03. The van der Waals surface area contributed by atoms with Crippen LogP contribution >= 0.6 is 11.8 Å². The van der Waals surface area contributed by atoms with Crippen molar-refractivity contribution in [3.05, 3.63) is 118 Å². The Morgan fingerprint density at radius 2 is 1.69 bits per heavy atom. The van der Waals surface area contributed by atoms with E-state index in [0.717, 1.165) is 28.7 Å². The number of hydrogen-bond donors (Lipinski definition) is 0. The quantitative estimate of drug-likeness (QED) is 0.174. The number of benzene rings is 3. The first kappa shape index (κ1) is 22.4. The number of aryl methyl sites for hydroxylation is 1. The molecule has 4 aromatic rings. The normalized spacial score (nSPS) is 15.8. The molecule has 7 nitrogen and oxygen atoms in total. The molecule has 0 atom stereocenters. The maximum atomic E-state index is 13.1. The van der Waals surface area contributed by atoms with Crippen LogP contribution in [0.25, 0.3) is 17.4 Å². The zero-order valence-electron chi connectivity index (χ0n) is 18.6. The summed E-state index contributed by atoms with van der Waals surface area (Å²) in [7, 11) is 0. The standard InChI is InChI=1S/C27H19N3O4S/c1-18-16-19(12-14-23(18)30(32)33)25-15-13-22(34-25)17-24-26(31)35-27(28-20-8-4-2-5-9-20)29(24)21-10-6-3-7-11-21/h2-17H,1H3/b24-17+,28-27?. The smallest absolute Gasteiger partial charge is 0.272 e. The van der Waals surface area contributed by atoms with E-state index in [-0.39, 0.29) is 10.8 Å². The van der Waals surface area contributed by atoms with E-state index in [1.54, 1.807) is 37.3 Å². The van der Waals surface area contributed by atoms with Crippen molar-refractivity contribution in [1.82, 2.24) is 0 Å². The predicted molar refractivity (Wildman–Crippen MR) is 139 cm³/mol. The summed E-state index contributed by atoms with van der Waals surface area (Å²) in [6.07, 6.45) is 1.69. The number of nitro groups is 1. The number of nitrogens with zero attached hydrogens (tertiary/aromatic N) is 3. The van der Waals surface area contributed by atoms with Crippen LogP contribution in [0.1, 0.15) is 11.3 Å². The fourth-order valence-corrected chi connectivity index (χ4v) is 4.61. The lowest BCUT2D eigenvalue weighted by Crippen LogP contribution is -2.22. The topological polar surface area (TPSA) is 89.0 Å². The number of aliphatic imine (C=N–C) groups is 1. The lowest BCUT2D eigenvalue weighted by atomic mass is 10.1. The van der Waals surface area contributed by atoms with Crippen LogP contribution in [-0.2, 0) is 4.79 Å². The van der Waals surface area contributed by atoms with Gasteiger partial charge < -0.3 is 4.42 Å². The molecule has 0 spiro atoms. The molecule has 2 heterocycles. The summed E-state index contributed by atoms with van der Waals surface area (Å²) in [5.41, 5.74) is 3.30. The van der Waals surface area contributed by atoms with Gasteiger partial charge in [-0.25, -0.2) is 4.99 Å². The monoisotopic (exact) mass is 481 g/mol. The zero-order valence-corrected chi connectivity index (χ0v) is 19.4. The van der Waals surface area contributed by atoms with Crippen LogP contribution in [0.15, 0.2) is 106 Å². The van der Waals surface area contributed by atoms with E-state index in [1.165, 1.54) is 6.07 Å². The van der Waals surface area contributed by atoms with Gasteiger partial charge in [0.1, 0.15) is 17.2 Å². The molecule has 8 heteroatoms. The van der Waals surface area contributed by atoms with Crippen LogP contribution in [0.4, 0.5) is 17.1 Å². The highest BCUT2D eigenvalue weighted by atomic mass is 32.2. The van der Waals surface area contributed by atoms with Crippen LogP contribution in [0, 0.1) is 17.0 Å². The van der Waals surface area contributed by atoms with E-state index in [4.69, 9.17) is 9.41 Å². The Morgan fingerprint density at radius 3 is 2.37 bits per heavy atom. The Bertz CT molecular complexity index is 1480. The van der Waals surface area contributed by atoms with Gasteiger partial charge in [-0.3, -0.25) is 19.8 Å². The van der Waals surface area contributed by atoms with Crippen LogP contribution in [-0.4, -0.2) is 15.2 Å². The van der Waals surface area contributed by atoms with Crippen molar-refractivity contribution >= 4 is 45.2 Å². The molecule has 1 saturated heterocycles. The Morgan fingerprint density at radius 1 is 0.971 bits per heavy atom. The number of hydrogen-bond acceptors (Lipinski definition) is 6. The van der Waals surface area contributed by atoms with Crippen LogP contribution < -0.4 is 4.90 Å². The fourth-order valence-electron chi connectivity index (χ4n) is 3.74. The van der Waals surface area contributed by atoms with Crippen LogP contribution in [0.5, 0.6) is 0 Å². The third-order valence-corrected chi connectivity index (χ3v) is 6.26. The van der Waals surface area contributed by atoms with Crippen molar-refractivity contribution in [3.63, 3.8) is 0 Å². The van der Waals surface area contributed by atoms with Gasteiger partial charge in [0.05, 0.1) is 10.6 Å². The number of carbonyl (C=O) groups excluding carboxylic acids is 1. The van der Waals surface area contributed by atoms with Crippen molar-refractivity contribution in [2.75, 3.05) is 4.90 Å². The maximum absolute atomic E-state index is 13.1. The largest absolute Gasteiger partial charge is 0.457 e. The van der Waals surface area contributed by atoms with Crippen LogP contribution in [0.3, 0.4) is 0 Å². The summed E-state index contributed by atoms with van der Waals surface area (Å²) in [6, 6.07) is 27.4. The first-order chi connectivity index (χ1) is 17.0. The summed E-state index contributed by atoms with van der Waals surface area (Å²) in [4.78, 5) is 30.3. The minimum Gasteiger partial charge on any atom is -0.457 e.